The van der Waals surface area contributed by atoms with Crippen molar-refractivity contribution in [2.24, 2.45) is 0 Å². The summed E-state index contributed by atoms with van der Waals surface area (Å²) >= 11 is 12.2. The third-order valence-corrected chi connectivity index (χ3v) is 4.75. The van der Waals surface area contributed by atoms with Crippen LogP contribution in [0.3, 0.4) is 0 Å². The van der Waals surface area contributed by atoms with Crippen LogP contribution < -0.4 is 5.32 Å². The monoisotopic (exact) mass is 308 g/mol. The van der Waals surface area contributed by atoms with E-state index in [1.165, 1.54) is 0 Å². The predicted molar refractivity (Wildman–Crippen MR) is 85.8 cm³/mol. The molecule has 1 aliphatic rings. The van der Waals surface area contributed by atoms with Crippen LogP contribution in [0.2, 0.25) is 10.0 Å². The van der Waals surface area contributed by atoms with Crippen LogP contribution >= 0.6 is 23.2 Å². The maximum atomic E-state index is 7.47. The van der Waals surface area contributed by atoms with Crippen LogP contribution in [-0.4, -0.2) is 6.98 Å². The zero-order chi connectivity index (χ0) is 16.6. The first-order valence-electron chi connectivity index (χ1n) is 8.16. The summed E-state index contributed by atoms with van der Waals surface area (Å²) in [5.41, 5.74) is 3.31. The minimum absolute atomic E-state index is 0.155. The fourth-order valence-electron chi connectivity index (χ4n) is 3.02. The van der Waals surface area contributed by atoms with Crippen LogP contribution in [0.5, 0.6) is 0 Å². The normalized spacial score (nSPS) is 24.4. The van der Waals surface area contributed by atoms with E-state index < -0.39 is 6.98 Å². The van der Waals surface area contributed by atoms with Gasteiger partial charge in [-0.25, -0.2) is 0 Å². The highest BCUT2D eigenvalue weighted by Crippen LogP contribution is 2.42. The van der Waals surface area contributed by atoms with Crippen LogP contribution in [-0.2, 0) is 0 Å². The van der Waals surface area contributed by atoms with E-state index in [2.05, 4.69) is 11.4 Å². The smallest absolute Gasteiger partial charge is 0.0595 e. The molecule has 0 spiro atoms. The molecule has 2 atom stereocenters. The largest absolute Gasteiger partial charge is 0.313 e. The number of hydrogen-bond donors (Lipinski definition) is 1. The number of fused-ring (bicyclic) bond motifs is 1. The summed E-state index contributed by atoms with van der Waals surface area (Å²) in [5.74, 6) is 0.204. The van der Waals surface area contributed by atoms with E-state index in [1.54, 1.807) is 0 Å². The average Bonchev–Trinajstić information content (AvgIpc) is 2.49. The van der Waals surface area contributed by atoms with Gasteiger partial charge >= 0.3 is 0 Å². The van der Waals surface area contributed by atoms with Gasteiger partial charge in [0, 0.05) is 16.1 Å². The van der Waals surface area contributed by atoms with Crippen molar-refractivity contribution in [3.05, 3.63) is 69.2 Å². The molecule has 0 aromatic heterocycles. The van der Waals surface area contributed by atoms with E-state index in [9.17, 15) is 0 Å². The van der Waals surface area contributed by atoms with Gasteiger partial charge in [0.1, 0.15) is 0 Å². The first-order valence-corrected chi connectivity index (χ1v) is 7.42. The highest BCUT2D eigenvalue weighted by Gasteiger charge is 2.27. The molecule has 104 valence electrons. The SMILES string of the molecule is [2H]C([2H])([2H])N[C@H]1CC[C@H](c2ccc(Cl)c(Cl)c2)c2ccccc21. The minimum Gasteiger partial charge on any atom is -0.313 e. The summed E-state index contributed by atoms with van der Waals surface area (Å²) in [6.45, 7) is -2.14. The molecule has 0 aliphatic heterocycles. The summed E-state index contributed by atoms with van der Waals surface area (Å²) in [6, 6.07) is 13.6. The van der Waals surface area contributed by atoms with Gasteiger partial charge < -0.3 is 5.32 Å². The molecule has 3 rings (SSSR count). The van der Waals surface area contributed by atoms with Crippen molar-refractivity contribution >= 4 is 23.2 Å². The summed E-state index contributed by atoms with van der Waals surface area (Å²) in [7, 11) is 0. The van der Waals surface area contributed by atoms with Crippen molar-refractivity contribution in [1.82, 2.24) is 5.32 Å². The molecule has 1 N–H and O–H groups in total. The van der Waals surface area contributed by atoms with Gasteiger partial charge in [-0.2, -0.15) is 0 Å². The maximum absolute atomic E-state index is 7.47. The van der Waals surface area contributed by atoms with Crippen molar-refractivity contribution in [3.63, 3.8) is 0 Å². The zero-order valence-corrected chi connectivity index (χ0v) is 12.4. The minimum atomic E-state index is -2.14. The van der Waals surface area contributed by atoms with Crippen molar-refractivity contribution in [2.45, 2.75) is 24.8 Å². The third kappa shape index (κ3) is 2.46. The maximum Gasteiger partial charge on any atom is 0.0595 e. The summed E-state index contributed by atoms with van der Waals surface area (Å²) in [5, 5.41) is 3.85. The predicted octanol–water partition coefficient (Wildman–Crippen LogP) is 5.18. The van der Waals surface area contributed by atoms with Gasteiger partial charge in [0.25, 0.3) is 0 Å². The lowest BCUT2D eigenvalue weighted by Crippen LogP contribution is -2.24. The van der Waals surface area contributed by atoms with Crippen molar-refractivity contribution in [1.29, 1.82) is 0 Å². The highest BCUT2D eigenvalue weighted by atomic mass is 35.5. The Balaban J connectivity index is 1.98. The summed E-state index contributed by atoms with van der Waals surface area (Å²) in [6.07, 6.45) is 1.63. The molecular formula is C17H17Cl2N. The molecule has 0 bridgehead atoms. The molecule has 1 nitrogen and oxygen atoms in total. The van der Waals surface area contributed by atoms with Crippen LogP contribution in [0.4, 0.5) is 0 Å². The first-order chi connectivity index (χ1) is 10.8. The first kappa shape index (κ1) is 10.7. The Hall–Kier alpha value is -1.02. The molecule has 0 saturated carbocycles. The van der Waals surface area contributed by atoms with Crippen LogP contribution in [0.1, 0.15) is 45.6 Å². The molecule has 20 heavy (non-hydrogen) atoms. The summed E-state index contributed by atoms with van der Waals surface area (Å²) in [4.78, 5) is 0. The number of halogens is 2. The molecule has 0 fully saturated rings. The number of rotatable bonds is 2. The van der Waals surface area contributed by atoms with Crippen molar-refractivity contribution in [3.8, 4) is 0 Å². The molecule has 0 unspecified atom stereocenters. The highest BCUT2D eigenvalue weighted by molar-refractivity contribution is 6.42. The third-order valence-electron chi connectivity index (χ3n) is 4.01. The van der Waals surface area contributed by atoms with E-state index in [0.717, 1.165) is 29.5 Å². The van der Waals surface area contributed by atoms with E-state index in [4.69, 9.17) is 27.3 Å². The Morgan fingerprint density at radius 1 is 1.05 bits per heavy atom. The van der Waals surface area contributed by atoms with Gasteiger partial charge in [-0.1, -0.05) is 53.5 Å². The van der Waals surface area contributed by atoms with Gasteiger partial charge in [0.2, 0.25) is 0 Å². The average molecular weight is 309 g/mol. The lowest BCUT2D eigenvalue weighted by Gasteiger charge is -2.32. The Kier molecular flexibility index (Phi) is 3.08. The standard InChI is InChI=1S/C17H17Cl2N/c1-20-17-9-7-12(13-4-2-3-5-14(13)17)11-6-8-15(18)16(19)10-11/h2-6,8,10,12,17,20H,7,9H2,1H3/t12-,17+/m1/s1/i1D3. The Bertz CT molecular complexity index is 715. The Morgan fingerprint density at radius 2 is 1.85 bits per heavy atom. The van der Waals surface area contributed by atoms with Gasteiger partial charge in [-0.3, -0.25) is 0 Å². The topological polar surface area (TPSA) is 12.0 Å². The Morgan fingerprint density at radius 3 is 2.60 bits per heavy atom. The molecule has 3 heteroatoms. The Labute approximate surface area is 134 Å². The van der Waals surface area contributed by atoms with Crippen LogP contribution in [0.15, 0.2) is 42.5 Å². The number of nitrogens with one attached hydrogen (secondary N) is 1. The van der Waals surface area contributed by atoms with Gasteiger partial charge in [0.05, 0.1) is 10.0 Å². The van der Waals surface area contributed by atoms with Crippen LogP contribution in [0.25, 0.3) is 0 Å². The number of hydrogen-bond acceptors (Lipinski definition) is 1. The molecule has 1 aliphatic carbocycles. The second kappa shape index (κ2) is 5.77. The molecule has 0 saturated heterocycles. The summed E-state index contributed by atoms with van der Waals surface area (Å²) < 4.78 is 22.4. The zero-order valence-electron chi connectivity index (χ0n) is 13.9. The second-order valence-corrected chi connectivity index (χ2v) is 5.94. The second-order valence-electron chi connectivity index (χ2n) is 5.13. The molecule has 0 radical (unpaired) electrons. The fourth-order valence-corrected chi connectivity index (χ4v) is 3.32. The van der Waals surface area contributed by atoms with E-state index >= 15 is 0 Å². The van der Waals surface area contributed by atoms with Gasteiger partial charge in [-0.05, 0) is 48.6 Å². The molecule has 2 aromatic rings. The van der Waals surface area contributed by atoms with Crippen molar-refractivity contribution < 1.29 is 4.11 Å². The number of benzene rings is 2. The van der Waals surface area contributed by atoms with E-state index in [1.807, 2.05) is 36.4 Å². The van der Waals surface area contributed by atoms with E-state index in [-0.39, 0.29) is 12.0 Å². The van der Waals surface area contributed by atoms with Crippen LogP contribution in [0, 0.1) is 0 Å². The molecule has 0 heterocycles. The quantitative estimate of drug-likeness (QED) is 0.806. The fraction of sp³-hybridized carbons (Fsp3) is 0.294. The lowest BCUT2D eigenvalue weighted by atomic mass is 9.77. The molecular weight excluding hydrogens is 289 g/mol. The van der Waals surface area contributed by atoms with Gasteiger partial charge in [-0.15, -0.1) is 0 Å². The lowest BCUT2D eigenvalue weighted by molar-refractivity contribution is 0.471. The van der Waals surface area contributed by atoms with E-state index in [0.29, 0.717) is 10.0 Å². The molecule has 0 amide bonds. The van der Waals surface area contributed by atoms with Gasteiger partial charge in [0.15, 0.2) is 0 Å². The van der Waals surface area contributed by atoms with Crippen molar-refractivity contribution in [2.75, 3.05) is 6.98 Å². The molecule has 2 aromatic carbocycles.